The van der Waals surface area contributed by atoms with Gasteiger partial charge >= 0.3 is 0 Å². The Balaban J connectivity index is 2.26. The second kappa shape index (κ2) is 5.75. The van der Waals surface area contributed by atoms with E-state index in [0.717, 1.165) is 18.2 Å². The van der Waals surface area contributed by atoms with Gasteiger partial charge in [-0.15, -0.1) is 0 Å². The average Bonchev–Trinajstić information content (AvgIpc) is 2.40. The normalized spacial score (nSPS) is 19.9. The summed E-state index contributed by atoms with van der Waals surface area (Å²) in [4.78, 5) is 13.7. The van der Waals surface area contributed by atoms with Crippen molar-refractivity contribution in [2.45, 2.75) is 6.04 Å². The van der Waals surface area contributed by atoms with Gasteiger partial charge in [0.2, 0.25) is 0 Å². The Morgan fingerprint density at radius 3 is 3.00 bits per heavy atom. The lowest BCUT2D eigenvalue weighted by molar-refractivity contribution is 0.00497. The van der Waals surface area contributed by atoms with Crippen LogP contribution in [-0.2, 0) is 4.74 Å². The van der Waals surface area contributed by atoms with Crippen molar-refractivity contribution in [2.75, 3.05) is 25.1 Å². The number of rotatable bonds is 2. The average molecular weight is 320 g/mol. The van der Waals surface area contributed by atoms with Crippen LogP contribution in [0.3, 0.4) is 0 Å². The molecule has 1 amide bonds. The number of carbonyl (C=O) groups is 1. The van der Waals surface area contributed by atoms with Gasteiger partial charge in [0, 0.05) is 11.9 Å². The number of morpholine rings is 1. The van der Waals surface area contributed by atoms with Gasteiger partial charge in [-0.3, -0.25) is 4.79 Å². The minimum absolute atomic E-state index is 0.158. The maximum atomic E-state index is 13.5. The Labute approximate surface area is 112 Å². The molecule has 1 atom stereocenters. The Morgan fingerprint density at radius 2 is 2.28 bits per heavy atom. The summed E-state index contributed by atoms with van der Waals surface area (Å²) in [5.74, 6) is -1.83. The van der Waals surface area contributed by atoms with Crippen LogP contribution in [0.25, 0.3) is 0 Å². The molecule has 1 aromatic rings. The Hall–Kier alpha value is -1.01. The minimum atomic E-state index is -0.707. The van der Waals surface area contributed by atoms with E-state index in [1.165, 1.54) is 4.90 Å². The molecule has 1 heterocycles. The number of carbonyl (C=O) groups excluding carboxylic acids is 1. The van der Waals surface area contributed by atoms with Gasteiger partial charge < -0.3 is 9.64 Å². The molecule has 0 N–H and O–H groups in total. The van der Waals surface area contributed by atoms with Gasteiger partial charge in [-0.05, 0) is 18.2 Å². The molecule has 0 bridgehead atoms. The van der Waals surface area contributed by atoms with Crippen molar-refractivity contribution in [1.29, 1.82) is 0 Å². The van der Waals surface area contributed by atoms with Gasteiger partial charge in [0.05, 0.1) is 24.8 Å². The molecular weight excluding hydrogens is 308 g/mol. The molecule has 6 heteroatoms. The van der Waals surface area contributed by atoms with Crippen LogP contribution in [-0.4, -0.2) is 41.9 Å². The van der Waals surface area contributed by atoms with Gasteiger partial charge in [0.25, 0.3) is 5.91 Å². The summed E-state index contributed by atoms with van der Waals surface area (Å²) < 4.78 is 31.9. The number of benzene rings is 1. The molecule has 1 unspecified atom stereocenters. The highest BCUT2D eigenvalue weighted by atomic mass is 79.9. The van der Waals surface area contributed by atoms with Gasteiger partial charge in [0.1, 0.15) is 11.6 Å². The van der Waals surface area contributed by atoms with E-state index in [2.05, 4.69) is 15.9 Å². The third-order valence-electron chi connectivity index (χ3n) is 2.83. The first-order chi connectivity index (χ1) is 8.63. The van der Waals surface area contributed by atoms with E-state index in [4.69, 9.17) is 4.74 Å². The van der Waals surface area contributed by atoms with Crippen molar-refractivity contribution in [3.8, 4) is 0 Å². The zero-order valence-electron chi connectivity index (χ0n) is 9.54. The molecule has 98 valence electrons. The highest BCUT2D eigenvalue weighted by Gasteiger charge is 2.28. The fourth-order valence-corrected chi connectivity index (χ4v) is 2.40. The maximum absolute atomic E-state index is 13.5. The van der Waals surface area contributed by atoms with Crippen molar-refractivity contribution in [1.82, 2.24) is 4.90 Å². The highest BCUT2D eigenvalue weighted by molar-refractivity contribution is 9.09. The number of ether oxygens (including phenoxy) is 1. The second-order valence-corrected chi connectivity index (χ2v) is 4.65. The molecule has 0 saturated carbocycles. The van der Waals surface area contributed by atoms with Gasteiger partial charge in [-0.2, -0.15) is 0 Å². The van der Waals surface area contributed by atoms with Crippen LogP contribution in [0.2, 0.25) is 0 Å². The third kappa shape index (κ3) is 2.70. The van der Waals surface area contributed by atoms with Crippen LogP contribution < -0.4 is 0 Å². The van der Waals surface area contributed by atoms with Gasteiger partial charge in [-0.1, -0.05) is 15.9 Å². The summed E-state index contributed by atoms with van der Waals surface area (Å²) in [6.07, 6.45) is 0. The summed E-state index contributed by atoms with van der Waals surface area (Å²) in [5, 5.41) is 0.537. The molecular formula is C12H12BrF2NO2. The van der Waals surface area contributed by atoms with E-state index >= 15 is 0 Å². The van der Waals surface area contributed by atoms with E-state index < -0.39 is 17.5 Å². The smallest absolute Gasteiger partial charge is 0.257 e. The highest BCUT2D eigenvalue weighted by Crippen LogP contribution is 2.17. The van der Waals surface area contributed by atoms with Crippen molar-refractivity contribution in [3.05, 3.63) is 35.4 Å². The Kier molecular flexibility index (Phi) is 4.29. The molecule has 0 radical (unpaired) electrons. The molecule has 1 fully saturated rings. The summed E-state index contributed by atoms with van der Waals surface area (Å²) in [7, 11) is 0. The number of hydrogen-bond acceptors (Lipinski definition) is 2. The fourth-order valence-electron chi connectivity index (χ4n) is 1.87. The van der Waals surface area contributed by atoms with Crippen LogP contribution in [0.15, 0.2) is 18.2 Å². The van der Waals surface area contributed by atoms with Crippen LogP contribution in [0, 0.1) is 11.6 Å². The van der Waals surface area contributed by atoms with Gasteiger partial charge in [-0.25, -0.2) is 8.78 Å². The first-order valence-corrected chi connectivity index (χ1v) is 6.65. The van der Waals surface area contributed by atoms with E-state index in [1.807, 2.05) is 0 Å². The first-order valence-electron chi connectivity index (χ1n) is 5.53. The molecule has 1 aliphatic heterocycles. The van der Waals surface area contributed by atoms with Crippen molar-refractivity contribution >= 4 is 21.8 Å². The lowest BCUT2D eigenvalue weighted by Gasteiger charge is -2.34. The Morgan fingerprint density at radius 1 is 1.50 bits per heavy atom. The lowest BCUT2D eigenvalue weighted by atomic mass is 10.1. The zero-order chi connectivity index (χ0) is 13.1. The molecule has 1 saturated heterocycles. The largest absolute Gasteiger partial charge is 0.377 e. The summed E-state index contributed by atoms with van der Waals surface area (Å²) >= 11 is 3.28. The zero-order valence-corrected chi connectivity index (χ0v) is 11.1. The Bertz CT molecular complexity index is 456. The number of nitrogens with zero attached hydrogens (tertiary/aromatic N) is 1. The molecule has 0 aliphatic carbocycles. The van der Waals surface area contributed by atoms with Crippen LogP contribution in [0.1, 0.15) is 10.4 Å². The molecule has 3 nitrogen and oxygen atoms in total. The van der Waals surface area contributed by atoms with E-state index in [-0.39, 0.29) is 11.6 Å². The topological polar surface area (TPSA) is 29.5 Å². The SMILES string of the molecule is O=C(c1cc(F)ccc1F)N1CCOCC1CBr. The standard InChI is InChI=1S/C12H12BrF2NO2/c13-6-9-7-18-4-3-16(9)12(17)10-5-8(14)1-2-11(10)15/h1-2,5,9H,3-4,6-7H2. The van der Waals surface area contributed by atoms with Crippen molar-refractivity contribution in [3.63, 3.8) is 0 Å². The molecule has 1 aromatic carbocycles. The predicted octanol–water partition coefficient (Wildman–Crippen LogP) is 2.20. The summed E-state index contributed by atoms with van der Waals surface area (Å²) in [5.41, 5.74) is -0.233. The van der Waals surface area contributed by atoms with Crippen molar-refractivity contribution in [2.24, 2.45) is 0 Å². The van der Waals surface area contributed by atoms with Crippen molar-refractivity contribution < 1.29 is 18.3 Å². The van der Waals surface area contributed by atoms with Crippen LogP contribution in [0.5, 0.6) is 0 Å². The van der Waals surface area contributed by atoms with E-state index in [1.54, 1.807) is 0 Å². The third-order valence-corrected chi connectivity index (χ3v) is 3.57. The number of halogens is 3. The monoisotopic (exact) mass is 319 g/mol. The molecule has 18 heavy (non-hydrogen) atoms. The second-order valence-electron chi connectivity index (χ2n) is 4.01. The molecule has 2 rings (SSSR count). The van der Waals surface area contributed by atoms with E-state index in [9.17, 15) is 13.6 Å². The molecule has 0 aromatic heterocycles. The number of alkyl halides is 1. The quantitative estimate of drug-likeness (QED) is 0.782. The van der Waals surface area contributed by atoms with E-state index in [0.29, 0.717) is 25.1 Å². The summed E-state index contributed by atoms with van der Waals surface area (Å²) in [6, 6.07) is 2.73. The van der Waals surface area contributed by atoms with Crippen LogP contribution >= 0.6 is 15.9 Å². The predicted molar refractivity (Wildman–Crippen MR) is 65.8 cm³/mol. The van der Waals surface area contributed by atoms with Crippen LogP contribution in [0.4, 0.5) is 8.78 Å². The summed E-state index contributed by atoms with van der Waals surface area (Å²) in [6.45, 7) is 1.19. The minimum Gasteiger partial charge on any atom is -0.377 e. The molecule has 0 spiro atoms. The maximum Gasteiger partial charge on any atom is 0.257 e. The fraction of sp³-hybridized carbons (Fsp3) is 0.417. The first kappa shape index (κ1) is 13.4. The van der Waals surface area contributed by atoms with Gasteiger partial charge in [0.15, 0.2) is 0 Å². The molecule has 1 aliphatic rings. The number of hydrogen-bond donors (Lipinski definition) is 0. The number of amides is 1. The lowest BCUT2D eigenvalue weighted by Crippen LogP contribution is -2.49.